The summed E-state index contributed by atoms with van der Waals surface area (Å²) in [6.07, 6.45) is 0. The highest BCUT2D eigenvalue weighted by Crippen LogP contribution is 2.21. The van der Waals surface area contributed by atoms with Gasteiger partial charge >= 0.3 is 5.97 Å². The van der Waals surface area contributed by atoms with Gasteiger partial charge in [-0.25, -0.2) is 4.79 Å². The summed E-state index contributed by atoms with van der Waals surface area (Å²) in [7, 11) is 1.30. The summed E-state index contributed by atoms with van der Waals surface area (Å²) in [5.41, 5.74) is 1.19. The van der Waals surface area contributed by atoms with E-state index in [1.54, 1.807) is 29.6 Å². The Kier molecular flexibility index (Phi) is 4.13. The number of ether oxygens (including phenoxy) is 1. The number of esters is 1. The molecule has 1 N–H and O–H groups in total. The lowest BCUT2D eigenvalue weighted by Gasteiger charge is -2.02. The average molecular weight is 286 g/mol. The molecule has 0 saturated heterocycles. The Morgan fingerprint density at radius 3 is 2.80 bits per heavy atom. The van der Waals surface area contributed by atoms with E-state index in [2.05, 4.69) is 10.1 Å². The van der Waals surface area contributed by atoms with Crippen molar-refractivity contribution in [3.05, 3.63) is 52.4 Å². The van der Waals surface area contributed by atoms with Crippen LogP contribution in [0, 0.1) is 11.3 Å². The second-order valence-corrected chi connectivity index (χ2v) is 4.75. The standard InChI is InChI=1S/C14H10N2O3S/c1-19-14(18)11-6-12(20-8-11)16-13(17)10-4-2-3-9(5-10)7-15/h2-6,8H,1H3,(H,16,17). The van der Waals surface area contributed by atoms with E-state index in [-0.39, 0.29) is 5.91 Å². The lowest BCUT2D eigenvalue weighted by Crippen LogP contribution is -2.11. The molecule has 0 fully saturated rings. The molecule has 0 unspecified atom stereocenters. The maximum atomic E-state index is 12.0. The largest absolute Gasteiger partial charge is 0.465 e. The molecule has 1 amide bonds. The summed E-state index contributed by atoms with van der Waals surface area (Å²) >= 11 is 1.23. The molecule has 0 spiro atoms. The molecule has 1 heterocycles. The minimum absolute atomic E-state index is 0.333. The van der Waals surface area contributed by atoms with E-state index < -0.39 is 5.97 Å². The predicted octanol–water partition coefficient (Wildman–Crippen LogP) is 2.66. The highest BCUT2D eigenvalue weighted by Gasteiger charge is 2.12. The molecule has 2 rings (SSSR count). The van der Waals surface area contributed by atoms with Crippen molar-refractivity contribution in [3.63, 3.8) is 0 Å². The Hall–Kier alpha value is -2.65. The van der Waals surface area contributed by atoms with Crippen molar-refractivity contribution >= 4 is 28.2 Å². The van der Waals surface area contributed by atoms with Crippen molar-refractivity contribution < 1.29 is 14.3 Å². The van der Waals surface area contributed by atoms with Crippen molar-refractivity contribution in [3.8, 4) is 6.07 Å². The first-order valence-electron chi connectivity index (χ1n) is 5.62. The van der Waals surface area contributed by atoms with Crippen LogP contribution >= 0.6 is 11.3 Å². The smallest absolute Gasteiger partial charge is 0.338 e. The molecule has 0 radical (unpaired) electrons. The minimum atomic E-state index is -0.451. The van der Waals surface area contributed by atoms with Gasteiger partial charge in [0.05, 0.1) is 29.3 Å². The third kappa shape index (κ3) is 3.02. The number of carbonyl (C=O) groups is 2. The summed E-state index contributed by atoms with van der Waals surface area (Å²) in [6.45, 7) is 0. The second-order valence-electron chi connectivity index (χ2n) is 3.84. The van der Waals surface area contributed by atoms with Crippen molar-refractivity contribution in [1.82, 2.24) is 0 Å². The van der Waals surface area contributed by atoms with Gasteiger partial charge in [-0.05, 0) is 24.3 Å². The van der Waals surface area contributed by atoms with E-state index in [9.17, 15) is 9.59 Å². The number of nitrogens with zero attached hydrogens (tertiary/aromatic N) is 1. The molecular weight excluding hydrogens is 276 g/mol. The van der Waals surface area contributed by atoms with Crippen LogP contribution in [0.5, 0.6) is 0 Å². The number of carbonyl (C=O) groups excluding carboxylic acids is 2. The first-order valence-corrected chi connectivity index (χ1v) is 6.50. The van der Waals surface area contributed by atoms with Crippen LogP contribution < -0.4 is 5.32 Å². The molecule has 1 aromatic heterocycles. The Morgan fingerprint density at radius 2 is 2.10 bits per heavy atom. The lowest BCUT2D eigenvalue weighted by atomic mass is 10.1. The monoisotopic (exact) mass is 286 g/mol. The molecule has 6 heteroatoms. The zero-order valence-corrected chi connectivity index (χ0v) is 11.4. The number of anilines is 1. The van der Waals surface area contributed by atoms with Gasteiger partial charge in [-0.1, -0.05) is 6.07 Å². The molecule has 20 heavy (non-hydrogen) atoms. The zero-order chi connectivity index (χ0) is 14.5. The molecule has 5 nitrogen and oxygen atoms in total. The van der Waals surface area contributed by atoms with Gasteiger partial charge in [0, 0.05) is 10.9 Å². The maximum absolute atomic E-state index is 12.0. The number of benzene rings is 1. The molecule has 1 aromatic carbocycles. The van der Waals surface area contributed by atoms with Gasteiger partial charge in [0.25, 0.3) is 5.91 Å². The van der Waals surface area contributed by atoms with Gasteiger partial charge < -0.3 is 10.1 Å². The Bertz CT molecular complexity index is 700. The number of nitrogens with one attached hydrogen (secondary N) is 1. The van der Waals surface area contributed by atoms with Crippen LogP contribution in [0.2, 0.25) is 0 Å². The second kappa shape index (κ2) is 5.99. The van der Waals surface area contributed by atoms with Gasteiger partial charge in [0.2, 0.25) is 0 Å². The van der Waals surface area contributed by atoms with Crippen molar-refractivity contribution in [2.45, 2.75) is 0 Å². The summed E-state index contributed by atoms with van der Waals surface area (Å²) < 4.78 is 4.59. The molecule has 2 aromatic rings. The van der Waals surface area contributed by atoms with Crippen LogP contribution in [0.4, 0.5) is 5.00 Å². The summed E-state index contributed by atoms with van der Waals surface area (Å²) in [5.74, 6) is -0.784. The van der Waals surface area contributed by atoms with Crippen molar-refractivity contribution in [2.24, 2.45) is 0 Å². The number of nitriles is 1. The van der Waals surface area contributed by atoms with Gasteiger partial charge in [-0.2, -0.15) is 5.26 Å². The van der Waals surface area contributed by atoms with Crippen LogP contribution in [0.15, 0.2) is 35.7 Å². The molecule has 0 saturated carbocycles. The Balaban J connectivity index is 2.13. The van der Waals surface area contributed by atoms with E-state index in [1.165, 1.54) is 24.5 Å². The number of amides is 1. The third-order valence-corrected chi connectivity index (χ3v) is 3.36. The molecule has 100 valence electrons. The zero-order valence-electron chi connectivity index (χ0n) is 10.5. The molecule has 0 bridgehead atoms. The number of methoxy groups -OCH3 is 1. The van der Waals surface area contributed by atoms with Crippen LogP contribution in [0.1, 0.15) is 26.3 Å². The number of hydrogen-bond donors (Lipinski definition) is 1. The molecular formula is C14H10N2O3S. The van der Waals surface area contributed by atoms with Crippen LogP contribution in [-0.4, -0.2) is 19.0 Å². The van der Waals surface area contributed by atoms with Crippen LogP contribution in [0.25, 0.3) is 0 Å². The topological polar surface area (TPSA) is 79.2 Å². The van der Waals surface area contributed by atoms with E-state index in [4.69, 9.17) is 5.26 Å². The van der Waals surface area contributed by atoms with Gasteiger partial charge in [-0.3, -0.25) is 4.79 Å². The predicted molar refractivity (Wildman–Crippen MR) is 74.8 cm³/mol. The fourth-order valence-electron chi connectivity index (χ4n) is 1.54. The van der Waals surface area contributed by atoms with Gasteiger partial charge in [-0.15, -0.1) is 11.3 Å². The first-order chi connectivity index (χ1) is 9.63. The Labute approximate surface area is 119 Å². The number of hydrogen-bond acceptors (Lipinski definition) is 5. The van der Waals surface area contributed by atoms with E-state index in [0.717, 1.165) is 0 Å². The quantitative estimate of drug-likeness (QED) is 0.880. The van der Waals surface area contributed by atoms with E-state index in [1.807, 2.05) is 6.07 Å². The number of rotatable bonds is 3. The number of thiophene rings is 1. The third-order valence-electron chi connectivity index (χ3n) is 2.51. The summed E-state index contributed by atoms with van der Waals surface area (Å²) in [4.78, 5) is 23.3. The normalized spacial score (nSPS) is 9.60. The van der Waals surface area contributed by atoms with E-state index in [0.29, 0.717) is 21.7 Å². The van der Waals surface area contributed by atoms with Crippen molar-refractivity contribution in [1.29, 1.82) is 5.26 Å². The summed E-state index contributed by atoms with van der Waals surface area (Å²) in [5, 5.41) is 13.6. The van der Waals surface area contributed by atoms with Crippen LogP contribution in [-0.2, 0) is 4.74 Å². The molecule has 0 atom stereocenters. The van der Waals surface area contributed by atoms with Gasteiger partial charge in [0.15, 0.2) is 0 Å². The van der Waals surface area contributed by atoms with Crippen LogP contribution in [0.3, 0.4) is 0 Å². The SMILES string of the molecule is COC(=O)c1csc(NC(=O)c2cccc(C#N)c2)c1. The van der Waals surface area contributed by atoms with Crippen molar-refractivity contribution in [2.75, 3.05) is 12.4 Å². The maximum Gasteiger partial charge on any atom is 0.338 e. The lowest BCUT2D eigenvalue weighted by molar-refractivity contribution is 0.0601. The molecule has 0 aliphatic heterocycles. The average Bonchev–Trinajstić information content (AvgIpc) is 2.95. The molecule has 0 aliphatic rings. The Morgan fingerprint density at radius 1 is 1.30 bits per heavy atom. The fourth-order valence-corrected chi connectivity index (χ4v) is 2.31. The van der Waals surface area contributed by atoms with E-state index >= 15 is 0 Å². The van der Waals surface area contributed by atoms with Gasteiger partial charge in [0.1, 0.15) is 0 Å². The molecule has 0 aliphatic carbocycles. The fraction of sp³-hybridized carbons (Fsp3) is 0.0714. The highest BCUT2D eigenvalue weighted by molar-refractivity contribution is 7.14. The highest BCUT2D eigenvalue weighted by atomic mass is 32.1. The first kappa shape index (κ1) is 13.8. The summed E-state index contributed by atoms with van der Waals surface area (Å²) in [6, 6.07) is 9.90. The minimum Gasteiger partial charge on any atom is -0.465 e.